The van der Waals surface area contributed by atoms with Crippen LogP contribution >= 0.6 is 0 Å². The molecule has 20 heavy (non-hydrogen) atoms. The first-order valence-electron chi connectivity index (χ1n) is 7.38. The van der Waals surface area contributed by atoms with Crippen molar-refractivity contribution in [3.63, 3.8) is 0 Å². The molecule has 0 bridgehead atoms. The summed E-state index contributed by atoms with van der Waals surface area (Å²) in [5, 5.41) is 9.43. The number of aliphatic hydroxyl groups is 1. The summed E-state index contributed by atoms with van der Waals surface area (Å²) >= 11 is 0. The van der Waals surface area contributed by atoms with E-state index in [1.54, 1.807) is 0 Å². The summed E-state index contributed by atoms with van der Waals surface area (Å²) in [4.78, 5) is 14.7. The molecule has 0 aromatic heterocycles. The summed E-state index contributed by atoms with van der Waals surface area (Å²) in [5.74, 6) is 0.0859. The van der Waals surface area contributed by atoms with Gasteiger partial charge < -0.3 is 10.0 Å². The monoisotopic (exact) mass is 275 g/mol. The Hall–Kier alpha value is -1.35. The molecule has 0 spiro atoms. The molecule has 1 aliphatic heterocycles. The lowest BCUT2D eigenvalue weighted by atomic mass is 9.89. The van der Waals surface area contributed by atoms with Crippen LogP contribution < -0.4 is 0 Å². The van der Waals surface area contributed by atoms with E-state index in [-0.39, 0.29) is 18.6 Å². The Morgan fingerprint density at radius 1 is 1.05 bits per heavy atom. The number of benzene rings is 1. The van der Waals surface area contributed by atoms with Crippen molar-refractivity contribution in [2.24, 2.45) is 0 Å². The van der Waals surface area contributed by atoms with Gasteiger partial charge in [-0.25, -0.2) is 0 Å². The van der Waals surface area contributed by atoms with Gasteiger partial charge in [-0.3, -0.25) is 4.79 Å². The summed E-state index contributed by atoms with van der Waals surface area (Å²) in [6.45, 7) is 11.2. The number of rotatable bonds is 2. The first-order chi connectivity index (χ1) is 9.40. The first-order valence-corrected chi connectivity index (χ1v) is 7.38. The molecule has 3 nitrogen and oxygen atoms in total. The highest BCUT2D eigenvalue weighted by Gasteiger charge is 2.31. The zero-order valence-electron chi connectivity index (χ0n) is 13.2. The van der Waals surface area contributed by atoms with Crippen LogP contribution in [-0.4, -0.2) is 35.1 Å². The van der Waals surface area contributed by atoms with Gasteiger partial charge in [0.25, 0.3) is 5.91 Å². The molecule has 1 unspecified atom stereocenters. The third kappa shape index (κ3) is 2.24. The van der Waals surface area contributed by atoms with Crippen LogP contribution in [0, 0.1) is 34.6 Å². The van der Waals surface area contributed by atoms with Crippen LogP contribution in [0.4, 0.5) is 0 Å². The fourth-order valence-electron chi connectivity index (χ4n) is 3.26. The molecule has 1 fully saturated rings. The van der Waals surface area contributed by atoms with Crippen LogP contribution in [0.25, 0.3) is 0 Å². The van der Waals surface area contributed by atoms with Crippen LogP contribution in [0.3, 0.4) is 0 Å². The number of hydrogen-bond acceptors (Lipinski definition) is 2. The highest BCUT2D eigenvalue weighted by Crippen LogP contribution is 2.29. The van der Waals surface area contributed by atoms with Gasteiger partial charge in [-0.05, 0) is 75.3 Å². The normalized spacial score (nSPS) is 18.7. The Morgan fingerprint density at radius 2 is 1.55 bits per heavy atom. The molecule has 1 aromatic carbocycles. The van der Waals surface area contributed by atoms with Crippen molar-refractivity contribution in [2.45, 2.75) is 53.5 Å². The van der Waals surface area contributed by atoms with Crippen LogP contribution in [-0.2, 0) is 0 Å². The van der Waals surface area contributed by atoms with E-state index in [1.165, 1.54) is 16.7 Å². The van der Waals surface area contributed by atoms with E-state index in [0.717, 1.165) is 36.1 Å². The molecule has 0 radical (unpaired) electrons. The smallest absolute Gasteiger partial charge is 0.254 e. The quantitative estimate of drug-likeness (QED) is 0.901. The van der Waals surface area contributed by atoms with Crippen molar-refractivity contribution in [2.75, 3.05) is 13.2 Å². The highest BCUT2D eigenvalue weighted by molar-refractivity contribution is 5.98. The van der Waals surface area contributed by atoms with Gasteiger partial charge in [0.05, 0.1) is 12.6 Å². The van der Waals surface area contributed by atoms with Gasteiger partial charge in [0.1, 0.15) is 0 Å². The van der Waals surface area contributed by atoms with Gasteiger partial charge >= 0.3 is 0 Å². The van der Waals surface area contributed by atoms with E-state index in [0.29, 0.717) is 0 Å². The SMILES string of the molecule is Cc1c(C)c(C)c(C(=O)N2CCCC2CO)c(C)c1C. The van der Waals surface area contributed by atoms with Crippen molar-refractivity contribution < 1.29 is 9.90 Å². The minimum Gasteiger partial charge on any atom is -0.394 e. The Bertz CT molecular complexity index is 519. The Morgan fingerprint density at radius 3 is 2.05 bits per heavy atom. The topological polar surface area (TPSA) is 40.5 Å². The second kappa shape index (κ2) is 5.57. The fraction of sp³-hybridized carbons (Fsp3) is 0.588. The Labute approximate surface area is 121 Å². The number of carbonyl (C=O) groups is 1. The maximum absolute atomic E-state index is 12.9. The van der Waals surface area contributed by atoms with Crippen LogP contribution in [0.15, 0.2) is 0 Å². The molecule has 1 saturated heterocycles. The summed E-state index contributed by atoms with van der Waals surface area (Å²) in [6, 6.07) is -0.0109. The standard InChI is InChI=1S/C17H25NO2/c1-10-11(2)13(4)16(14(5)12(10)3)17(20)18-8-6-7-15(18)9-19/h15,19H,6-9H2,1-5H3. The molecular formula is C17H25NO2. The number of aliphatic hydroxyl groups excluding tert-OH is 1. The van der Waals surface area contributed by atoms with Gasteiger partial charge in [0.2, 0.25) is 0 Å². The van der Waals surface area contributed by atoms with Crippen LogP contribution in [0.2, 0.25) is 0 Å². The summed E-state index contributed by atoms with van der Waals surface area (Å²) in [7, 11) is 0. The number of likely N-dealkylation sites (tertiary alicyclic amines) is 1. The molecule has 1 heterocycles. The number of carbonyl (C=O) groups excluding carboxylic acids is 1. The highest BCUT2D eigenvalue weighted by atomic mass is 16.3. The molecule has 1 aliphatic rings. The average molecular weight is 275 g/mol. The second-order valence-electron chi connectivity index (χ2n) is 5.98. The van der Waals surface area contributed by atoms with Gasteiger partial charge in [-0.15, -0.1) is 0 Å². The third-order valence-electron chi connectivity index (χ3n) is 5.06. The summed E-state index contributed by atoms with van der Waals surface area (Å²) < 4.78 is 0. The predicted molar refractivity (Wildman–Crippen MR) is 81.3 cm³/mol. The van der Waals surface area contributed by atoms with E-state index in [1.807, 2.05) is 18.7 Å². The molecule has 2 rings (SSSR count). The molecule has 1 aromatic rings. The Balaban J connectivity index is 2.50. The van der Waals surface area contributed by atoms with Crippen molar-refractivity contribution in [1.29, 1.82) is 0 Å². The molecule has 0 aliphatic carbocycles. The minimum absolute atomic E-state index is 0.0109. The van der Waals surface area contributed by atoms with E-state index >= 15 is 0 Å². The maximum Gasteiger partial charge on any atom is 0.254 e. The fourth-order valence-corrected chi connectivity index (χ4v) is 3.26. The van der Waals surface area contributed by atoms with E-state index in [9.17, 15) is 9.90 Å². The summed E-state index contributed by atoms with van der Waals surface area (Å²) in [5.41, 5.74) is 6.69. The predicted octanol–water partition coefficient (Wildman–Crippen LogP) is 2.83. The molecule has 3 heteroatoms. The molecule has 1 amide bonds. The third-order valence-corrected chi connectivity index (χ3v) is 5.06. The van der Waals surface area contributed by atoms with Crippen LogP contribution in [0.1, 0.15) is 51.0 Å². The Kier molecular flexibility index (Phi) is 4.19. The van der Waals surface area contributed by atoms with E-state index < -0.39 is 0 Å². The molecule has 1 atom stereocenters. The maximum atomic E-state index is 12.9. The van der Waals surface area contributed by atoms with Crippen LogP contribution in [0.5, 0.6) is 0 Å². The summed E-state index contributed by atoms with van der Waals surface area (Å²) in [6.07, 6.45) is 1.89. The zero-order chi connectivity index (χ0) is 15.0. The van der Waals surface area contributed by atoms with Crippen molar-refractivity contribution in [3.05, 3.63) is 33.4 Å². The molecular weight excluding hydrogens is 250 g/mol. The van der Waals surface area contributed by atoms with Crippen molar-refractivity contribution in [3.8, 4) is 0 Å². The number of hydrogen-bond donors (Lipinski definition) is 1. The zero-order valence-corrected chi connectivity index (χ0v) is 13.2. The lowest BCUT2D eigenvalue weighted by Crippen LogP contribution is -2.38. The van der Waals surface area contributed by atoms with Crippen molar-refractivity contribution in [1.82, 2.24) is 4.90 Å². The lowest BCUT2D eigenvalue weighted by Gasteiger charge is -2.26. The number of nitrogens with zero attached hydrogens (tertiary/aromatic N) is 1. The lowest BCUT2D eigenvalue weighted by molar-refractivity contribution is 0.0676. The van der Waals surface area contributed by atoms with Gasteiger partial charge in [-0.2, -0.15) is 0 Å². The largest absolute Gasteiger partial charge is 0.394 e. The van der Waals surface area contributed by atoms with Gasteiger partial charge in [-0.1, -0.05) is 0 Å². The second-order valence-corrected chi connectivity index (χ2v) is 5.98. The van der Waals surface area contributed by atoms with Gasteiger partial charge in [0.15, 0.2) is 0 Å². The molecule has 1 N–H and O–H groups in total. The first kappa shape index (κ1) is 15.0. The van der Waals surface area contributed by atoms with E-state index in [2.05, 4.69) is 20.8 Å². The molecule has 0 saturated carbocycles. The van der Waals surface area contributed by atoms with Crippen molar-refractivity contribution >= 4 is 5.91 Å². The van der Waals surface area contributed by atoms with Gasteiger partial charge in [0, 0.05) is 12.1 Å². The minimum atomic E-state index is -0.0109. The molecule has 110 valence electrons. The average Bonchev–Trinajstić information content (AvgIpc) is 2.91. The van der Waals surface area contributed by atoms with E-state index in [4.69, 9.17) is 0 Å². The number of amides is 1.